The molecule has 1 aliphatic rings. The van der Waals surface area contributed by atoms with E-state index in [2.05, 4.69) is 60.2 Å². The molecule has 0 N–H and O–H groups in total. The standard InChI is InChI=1S/C14H13N/c1-11-8-9-12-5-4-10-15(12)14-7-3-2-6-13(11)14/h2-8,10H,9H2,1H3. The Labute approximate surface area is 89.7 Å². The zero-order valence-corrected chi connectivity index (χ0v) is 8.77. The van der Waals surface area contributed by atoms with Gasteiger partial charge in [-0.3, -0.25) is 0 Å². The normalized spacial score (nSPS) is 13.8. The summed E-state index contributed by atoms with van der Waals surface area (Å²) >= 11 is 0. The molecule has 2 heterocycles. The molecule has 0 bridgehead atoms. The van der Waals surface area contributed by atoms with Gasteiger partial charge in [0.1, 0.15) is 0 Å². The Balaban J connectivity index is 2.35. The van der Waals surface area contributed by atoms with Crippen LogP contribution in [0, 0.1) is 0 Å². The number of rotatable bonds is 0. The highest BCUT2D eigenvalue weighted by atomic mass is 15.0. The van der Waals surface area contributed by atoms with Crippen molar-refractivity contribution in [3.05, 3.63) is 59.9 Å². The first-order valence-electron chi connectivity index (χ1n) is 5.29. The molecule has 1 nitrogen and oxygen atoms in total. The van der Waals surface area contributed by atoms with Crippen molar-refractivity contribution in [3.8, 4) is 5.69 Å². The third kappa shape index (κ3) is 1.23. The maximum absolute atomic E-state index is 2.30. The van der Waals surface area contributed by atoms with Gasteiger partial charge in [-0.05, 0) is 30.7 Å². The molecule has 0 aliphatic carbocycles. The zero-order chi connectivity index (χ0) is 10.3. The summed E-state index contributed by atoms with van der Waals surface area (Å²) in [6, 6.07) is 12.9. The Kier molecular flexibility index (Phi) is 1.78. The van der Waals surface area contributed by atoms with Crippen LogP contribution in [-0.2, 0) is 6.42 Å². The number of allylic oxidation sites excluding steroid dienone is 2. The Hall–Kier alpha value is -1.76. The summed E-state index contributed by atoms with van der Waals surface area (Å²) in [6.07, 6.45) is 5.46. The number of hydrogen-bond acceptors (Lipinski definition) is 0. The molecule has 1 aromatic carbocycles. The first kappa shape index (κ1) is 8.54. The molecule has 0 spiro atoms. The molecule has 3 rings (SSSR count). The molecule has 0 fully saturated rings. The number of hydrogen-bond donors (Lipinski definition) is 0. The Morgan fingerprint density at radius 3 is 2.87 bits per heavy atom. The van der Waals surface area contributed by atoms with Crippen LogP contribution >= 0.6 is 0 Å². The van der Waals surface area contributed by atoms with E-state index in [-0.39, 0.29) is 0 Å². The lowest BCUT2D eigenvalue weighted by Gasteiger charge is -2.10. The fourth-order valence-electron chi connectivity index (χ4n) is 2.20. The smallest absolute Gasteiger partial charge is 0.0527 e. The van der Waals surface area contributed by atoms with Crippen molar-refractivity contribution in [3.63, 3.8) is 0 Å². The van der Waals surface area contributed by atoms with E-state index in [0.29, 0.717) is 0 Å². The van der Waals surface area contributed by atoms with E-state index in [1.54, 1.807) is 0 Å². The molecular weight excluding hydrogens is 182 g/mol. The van der Waals surface area contributed by atoms with E-state index >= 15 is 0 Å². The summed E-state index contributed by atoms with van der Waals surface area (Å²) in [5, 5.41) is 0. The lowest BCUT2D eigenvalue weighted by atomic mass is 10.1. The number of fused-ring (bicyclic) bond motifs is 3. The van der Waals surface area contributed by atoms with Gasteiger partial charge >= 0.3 is 0 Å². The quantitative estimate of drug-likeness (QED) is 0.607. The lowest BCUT2D eigenvalue weighted by Crippen LogP contribution is -1.97. The number of aromatic nitrogens is 1. The van der Waals surface area contributed by atoms with Crippen molar-refractivity contribution in [2.75, 3.05) is 0 Å². The summed E-state index contributed by atoms with van der Waals surface area (Å²) in [7, 11) is 0. The van der Waals surface area contributed by atoms with Gasteiger partial charge in [0.15, 0.2) is 0 Å². The van der Waals surface area contributed by atoms with Crippen molar-refractivity contribution in [1.82, 2.24) is 4.57 Å². The van der Waals surface area contributed by atoms with E-state index in [9.17, 15) is 0 Å². The van der Waals surface area contributed by atoms with Crippen LogP contribution in [0.3, 0.4) is 0 Å². The first-order chi connectivity index (χ1) is 7.36. The second-order valence-corrected chi connectivity index (χ2v) is 3.98. The summed E-state index contributed by atoms with van der Waals surface area (Å²) in [4.78, 5) is 0. The molecule has 0 saturated carbocycles. The second-order valence-electron chi connectivity index (χ2n) is 3.98. The predicted octanol–water partition coefficient (Wildman–Crippen LogP) is 3.44. The summed E-state index contributed by atoms with van der Waals surface area (Å²) in [6.45, 7) is 2.19. The highest BCUT2D eigenvalue weighted by Gasteiger charge is 2.11. The van der Waals surface area contributed by atoms with Crippen molar-refractivity contribution < 1.29 is 0 Å². The van der Waals surface area contributed by atoms with Gasteiger partial charge < -0.3 is 4.57 Å². The molecule has 15 heavy (non-hydrogen) atoms. The zero-order valence-electron chi connectivity index (χ0n) is 8.77. The molecule has 74 valence electrons. The van der Waals surface area contributed by atoms with Crippen LogP contribution in [0.5, 0.6) is 0 Å². The van der Waals surface area contributed by atoms with Gasteiger partial charge in [-0.15, -0.1) is 0 Å². The summed E-state index contributed by atoms with van der Waals surface area (Å²) in [5.41, 5.74) is 5.37. The minimum absolute atomic E-state index is 1.02. The van der Waals surface area contributed by atoms with Crippen LogP contribution in [-0.4, -0.2) is 4.57 Å². The largest absolute Gasteiger partial charge is 0.320 e. The summed E-state index contributed by atoms with van der Waals surface area (Å²) < 4.78 is 2.28. The molecular formula is C14H13N. The Bertz CT molecular complexity index is 532. The molecule has 1 aliphatic heterocycles. The van der Waals surface area contributed by atoms with Crippen LogP contribution in [0.15, 0.2) is 48.7 Å². The fraction of sp³-hybridized carbons (Fsp3) is 0.143. The van der Waals surface area contributed by atoms with Crippen LogP contribution in [0.2, 0.25) is 0 Å². The maximum atomic E-state index is 2.30. The van der Waals surface area contributed by atoms with Gasteiger partial charge in [0.25, 0.3) is 0 Å². The second kappa shape index (κ2) is 3.13. The topological polar surface area (TPSA) is 4.93 Å². The van der Waals surface area contributed by atoms with Crippen LogP contribution in [0.1, 0.15) is 18.2 Å². The van der Waals surface area contributed by atoms with Gasteiger partial charge in [-0.2, -0.15) is 0 Å². The molecule has 1 heteroatoms. The average Bonchev–Trinajstić information content (AvgIpc) is 2.69. The van der Waals surface area contributed by atoms with Crippen molar-refractivity contribution >= 4 is 5.57 Å². The fourth-order valence-corrected chi connectivity index (χ4v) is 2.20. The van der Waals surface area contributed by atoms with Gasteiger partial charge in [0, 0.05) is 23.9 Å². The maximum Gasteiger partial charge on any atom is 0.0527 e. The molecule has 0 amide bonds. The molecule has 0 saturated heterocycles. The number of benzene rings is 1. The molecule has 0 radical (unpaired) electrons. The van der Waals surface area contributed by atoms with E-state index in [4.69, 9.17) is 0 Å². The monoisotopic (exact) mass is 195 g/mol. The van der Waals surface area contributed by atoms with Crippen LogP contribution in [0.4, 0.5) is 0 Å². The first-order valence-corrected chi connectivity index (χ1v) is 5.29. The van der Waals surface area contributed by atoms with Crippen LogP contribution in [0.25, 0.3) is 11.3 Å². The summed E-state index contributed by atoms with van der Waals surface area (Å²) in [5.74, 6) is 0. The third-order valence-corrected chi connectivity index (χ3v) is 3.04. The van der Waals surface area contributed by atoms with Gasteiger partial charge in [-0.25, -0.2) is 0 Å². The van der Waals surface area contributed by atoms with Gasteiger partial charge in [0.05, 0.1) is 5.69 Å². The van der Waals surface area contributed by atoms with Crippen LogP contribution < -0.4 is 0 Å². The molecule has 1 aromatic heterocycles. The highest BCUT2D eigenvalue weighted by molar-refractivity contribution is 5.72. The molecule has 0 unspecified atom stereocenters. The van der Waals surface area contributed by atoms with E-state index in [1.807, 2.05) is 0 Å². The van der Waals surface area contributed by atoms with Crippen molar-refractivity contribution in [2.24, 2.45) is 0 Å². The third-order valence-electron chi connectivity index (χ3n) is 3.04. The molecule has 0 atom stereocenters. The minimum atomic E-state index is 1.02. The predicted molar refractivity (Wildman–Crippen MR) is 63.1 cm³/mol. The number of nitrogens with zero attached hydrogens (tertiary/aromatic N) is 1. The van der Waals surface area contributed by atoms with E-state index in [1.165, 1.54) is 22.5 Å². The van der Waals surface area contributed by atoms with Gasteiger partial charge in [0.2, 0.25) is 0 Å². The molecule has 2 aromatic rings. The van der Waals surface area contributed by atoms with Crippen molar-refractivity contribution in [1.29, 1.82) is 0 Å². The number of para-hydroxylation sites is 1. The van der Waals surface area contributed by atoms with E-state index in [0.717, 1.165) is 6.42 Å². The van der Waals surface area contributed by atoms with E-state index < -0.39 is 0 Å². The highest BCUT2D eigenvalue weighted by Crippen LogP contribution is 2.27. The lowest BCUT2D eigenvalue weighted by molar-refractivity contribution is 0.982. The van der Waals surface area contributed by atoms with Crippen molar-refractivity contribution in [2.45, 2.75) is 13.3 Å². The Morgan fingerprint density at radius 2 is 1.93 bits per heavy atom. The Morgan fingerprint density at radius 1 is 1.07 bits per heavy atom. The average molecular weight is 195 g/mol. The minimum Gasteiger partial charge on any atom is -0.320 e. The SMILES string of the molecule is CC1=CCc2cccn2-c2ccccc21. The van der Waals surface area contributed by atoms with Gasteiger partial charge in [-0.1, -0.05) is 24.3 Å².